The van der Waals surface area contributed by atoms with E-state index in [0.29, 0.717) is 5.54 Å². The standard InChI is InChI=1S/C18H34N2/c1-5-18(4)12-20(17(10-19-18)13(2)3)11-16-9-14-6-7-15(16)8-14/h13-17,19H,5-12H2,1-4H3. The molecule has 1 aliphatic heterocycles. The first-order chi connectivity index (χ1) is 9.50. The van der Waals surface area contributed by atoms with Crippen molar-refractivity contribution in [3.63, 3.8) is 0 Å². The second-order valence-electron chi connectivity index (χ2n) is 8.47. The summed E-state index contributed by atoms with van der Waals surface area (Å²) in [7, 11) is 0. The molecule has 2 aliphatic carbocycles. The number of fused-ring (bicyclic) bond motifs is 2. The third kappa shape index (κ3) is 2.78. The van der Waals surface area contributed by atoms with Gasteiger partial charge in [-0.3, -0.25) is 4.90 Å². The van der Waals surface area contributed by atoms with Crippen molar-refractivity contribution in [1.29, 1.82) is 0 Å². The molecule has 0 spiro atoms. The Balaban J connectivity index is 1.66. The van der Waals surface area contributed by atoms with Crippen molar-refractivity contribution in [2.75, 3.05) is 19.6 Å². The van der Waals surface area contributed by atoms with E-state index in [1.807, 2.05) is 0 Å². The predicted octanol–water partition coefficient (Wildman–Crippen LogP) is 3.52. The minimum atomic E-state index is 0.336. The highest BCUT2D eigenvalue weighted by Crippen LogP contribution is 2.48. The van der Waals surface area contributed by atoms with E-state index in [-0.39, 0.29) is 0 Å². The van der Waals surface area contributed by atoms with Crippen LogP contribution >= 0.6 is 0 Å². The van der Waals surface area contributed by atoms with Gasteiger partial charge < -0.3 is 5.32 Å². The van der Waals surface area contributed by atoms with Gasteiger partial charge in [0, 0.05) is 31.2 Å². The summed E-state index contributed by atoms with van der Waals surface area (Å²) in [6.07, 6.45) is 7.38. The van der Waals surface area contributed by atoms with Crippen molar-refractivity contribution in [2.45, 2.75) is 71.4 Å². The Bertz CT molecular complexity index is 340. The largest absolute Gasteiger partial charge is 0.309 e. The van der Waals surface area contributed by atoms with Crippen molar-refractivity contribution < 1.29 is 0 Å². The van der Waals surface area contributed by atoms with Gasteiger partial charge >= 0.3 is 0 Å². The Labute approximate surface area is 125 Å². The molecule has 0 aromatic rings. The molecule has 5 unspecified atom stereocenters. The fourth-order valence-corrected chi connectivity index (χ4v) is 5.10. The molecule has 3 fully saturated rings. The molecular formula is C18H34N2. The summed E-state index contributed by atoms with van der Waals surface area (Å²) in [6.45, 7) is 13.4. The van der Waals surface area contributed by atoms with Crippen LogP contribution < -0.4 is 5.32 Å². The Kier molecular flexibility index (Phi) is 4.16. The zero-order valence-electron chi connectivity index (χ0n) is 14.0. The molecule has 0 aromatic carbocycles. The van der Waals surface area contributed by atoms with E-state index in [0.717, 1.165) is 29.7 Å². The van der Waals surface area contributed by atoms with Gasteiger partial charge in [0.15, 0.2) is 0 Å². The molecule has 20 heavy (non-hydrogen) atoms. The number of hydrogen-bond acceptors (Lipinski definition) is 2. The molecule has 3 aliphatic rings. The molecular weight excluding hydrogens is 244 g/mol. The van der Waals surface area contributed by atoms with Crippen LogP contribution in [0.3, 0.4) is 0 Å². The Morgan fingerprint density at radius 2 is 2.05 bits per heavy atom. The first kappa shape index (κ1) is 14.8. The van der Waals surface area contributed by atoms with Crippen LogP contribution in [0.1, 0.15) is 59.8 Å². The van der Waals surface area contributed by atoms with Crippen LogP contribution in [0.25, 0.3) is 0 Å². The number of hydrogen-bond donors (Lipinski definition) is 1. The highest BCUT2D eigenvalue weighted by Gasteiger charge is 2.43. The highest BCUT2D eigenvalue weighted by atomic mass is 15.3. The molecule has 2 saturated carbocycles. The first-order valence-corrected chi connectivity index (χ1v) is 9.00. The van der Waals surface area contributed by atoms with E-state index in [1.54, 1.807) is 6.42 Å². The van der Waals surface area contributed by atoms with Gasteiger partial charge in [-0.1, -0.05) is 27.2 Å². The molecule has 0 amide bonds. The van der Waals surface area contributed by atoms with Gasteiger partial charge in [0.1, 0.15) is 0 Å². The van der Waals surface area contributed by atoms with Crippen LogP contribution in [-0.4, -0.2) is 36.1 Å². The molecule has 2 bridgehead atoms. The van der Waals surface area contributed by atoms with Gasteiger partial charge in [-0.2, -0.15) is 0 Å². The summed E-state index contributed by atoms with van der Waals surface area (Å²) in [5.41, 5.74) is 0.336. The third-order valence-electron chi connectivity index (χ3n) is 6.66. The van der Waals surface area contributed by atoms with Crippen molar-refractivity contribution >= 4 is 0 Å². The third-order valence-corrected chi connectivity index (χ3v) is 6.66. The molecule has 1 saturated heterocycles. The van der Waals surface area contributed by atoms with Gasteiger partial charge in [0.2, 0.25) is 0 Å². The lowest BCUT2D eigenvalue weighted by molar-refractivity contribution is 0.0391. The van der Waals surface area contributed by atoms with Crippen LogP contribution in [0, 0.1) is 23.7 Å². The number of piperazine rings is 1. The molecule has 2 nitrogen and oxygen atoms in total. The van der Waals surface area contributed by atoms with Crippen molar-refractivity contribution in [3.8, 4) is 0 Å². The lowest BCUT2D eigenvalue weighted by Crippen LogP contribution is -2.64. The van der Waals surface area contributed by atoms with E-state index in [9.17, 15) is 0 Å². The van der Waals surface area contributed by atoms with Gasteiger partial charge in [-0.25, -0.2) is 0 Å². The monoisotopic (exact) mass is 278 g/mol. The van der Waals surface area contributed by atoms with Crippen molar-refractivity contribution in [2.24, 2.45) is 23.7 Å². The van der Waals surface area contributed by atoms with Crippen LogP contribution in [0.5, 0.6) is 0 Å². The Morgan fingerprint density at radius 3 is 2.60 bits per heavy atom. The zero-order chi connectivity index (χ0) is 14.3. The van der Waals surface area contributed by atoms with Crippen LogP contribution in [0.4, 0.5) is 0 Å². The van der Waals surface area contributed by atoms with Crippen LogP contribution in [0.2, 0.25) is 0 Å². The number of nitrogens with one attached hydrogen (secondary N) is 1. The van der Waals surface area contributed by atoms with Gasteiger partial charge in [0.05, 0.1) is 0 Å². The normalized spacial score (nSPS) is 45.5. The smallest absolute Gasteiger partial charge is 0.0278 e. The molecule has 0 radical (unpaired) electrons. The molecule has 1 N–H and O–H groups in total. The maximum absolute atomic E-state index is 3.82. The van der Waals surface area contributed by atoms with E-state index >= 15 is 0 Å². The second kappa shape index (κ2) is 5.61. The number of nitrogens with zero attached hydrogens (tertiary/aromatic N) is 1. The molecule has 1 heterocycles. The average molecular weight is 278 g/mol. The summed E-state index contributed by atoms with van der Waals surface area (Å²) in [5, 5.41) is 3.82. The Hall–Kier alpha value is -0.0800. The molecule has 0 aromatic heterocycles. The molecule has 116 valence electrons. The maximum Gasteiger partial charge on any atom is 0.0278 e. The summed E-state index contributed by atoms with van der Waals surface area (Å²) in [6, 6.07) is 0.744. The van der Waals surface area contributed by atoms with Crippen LogP contribution in [-0.2, 0) is 0 Å². The SMILES string of the molecule is CCC1(C)CN(CC2CC3CCC2C3)C(C(C)C)CN1. The lowest BCUT2D eigenvalue weighted by Gasteiger charge is -2.49. The van der Waals surface area contributed by atoms with Gasteiger partial charge in [-0.15, -0.1) is 0 Å². The highest BCUT2D eigenvalue weighted by molar-refractivity contribution is 4.98. The van der Waals surface area contributed by atoms with E-state index in [2.05, 4.69) is 37.9 Å². The fourth-order valence-electron chi connectivity index (χ4n) is 5.10. The molecule has 5 atom stereocenters. The van der Waals surface area contributed by atoms with Crippen molar-refractivity contribution in [3.05, 3.63) is 0 Å². The summed E-state index contributed by atoms with van der Waals surface area (Å²) >= 11 is 0. The number of rotatable bonds is 4. The average Bonchev–Trinajstić information content (AvgIpc) is 3.01. The topological polar surface area (TPSA) is 15.3 Å². The first-order valence-electron chi connectivity index (χ1n) is 9.00. The van der Waals surface area contributed by atoms with Gasteiger partial charge in [0.25, 0.3) is 0 Å². The Morgan fingerprint density at radius 1 is 1.25 bits per heavy atom. The van der Waals surface area contributed by atoms with E-state index in [1.165, 1.54) is 45.3 Å². The maximum atomic E-state index is 3.82. The quantitative estimate of drug-likeness (QED) is 0.846. The van der Waals surface area contributed by atoms with E-state index < -0.39 is 0 Å². The fraction of sp³-hybridized carbons (Fsp3) is 1.00. The second-order valence-corrected chi connectivity index (χ2v) is 8.47. The summed E-state index contributed by atoms with van der Waals surface area (Å²) in [5.74, 6) is 3.93. The molecule has 2 heteroatoms. The summed E-state index contributed by atoms with van der Waals surface area (Å²) < 4.78 is 0. The minimum Gasteiger partial charge on any atom is -0.309 e. The minimum absolute atomic E-state index is 0.336. The predicted molar refractivity (Wildman–Crippen MR) is 85.8 cm³/mol. The van der Waals surface area contributed by atoms with E-state index in [4.69, 9.17) is 0 Å². The zero-order valence-corrected chi connectivity index (χ0v) is 14.0. The van der Waals surface area contributed by atoms with Crippen LogP contribution in [0.15, 0.2) is 0 Å². The summed E-state index contributed by atoms with van der Waals surface area (Å²) in [4.78, 5) is 2.86. The van der Waals surface area contributed by atoms with Gasteiger partial charge in [-0.05, 0) is 56.3 Å². The lowest BCUT2D eigenvalue weighted by atomic mass is 9.85. The molecule has 3 rings (SSSR count). The van der Waals surface area contributed by atoms with Crippen molar-refractivity contribution in [1.82, 2.24) is 10.2 Å².